The Morgan fingerprint density at radius 1 is 1.15 bits per heavy atom. The number of epoxide rings is 1. The van der Waals surface area contributed by atoms with Crippen molar-refractivity contribution >= 4 is 0 Å². The lowest BCUT2D eigenvalue weighted by molar-refractivity contribution is 0.0801. The van der Waals surface area contributed by atoms with Gasteiger partial charge in [0.25, 0.3) is 0 Å². The van der Waals surface area contributed by atoms with Gasteiger partial charge in [-0.3, -0.25) is 0 Å². The maximum Gasteiger partial charge on any atom is 0.0989 e. The molecule has 2 heteroatoms. The maximum atomic E-state index is 10.7. The Hall–Kier alpha value is -0.760. The largest absolute Gasteiger partial charge is 0.512 e. The van der Waals surface area contributed by atoms with Crippen LogP contribution in [0.25, 0.3) is 0 Å². The molecule has 0 aromatic heterocycles. The quantitative estimate of drug-likeness (QED) is 0.659. The molecule has 0 radical (unpaired) electrons. The number of aliphatic hydroxyl groups excluding tert-OH is 1. The van der Waals surface area contributed by atoms with E-state index in [1.54, 1.807) is 0 Å². The first-order valence-corrected chi connectivity index (χ1v) is 8.18. The maximum absolute atomic E-state index is 10.7. The van der Waals surface area contributed by atoms with Gasteiger partial charge < -0.3 is 9.84 Å². The zero-order chi connectivity index (χ0) is 14.2. The third-order valence-corrected chi connectivity index (χ3v) is 6.84. The molecule has 2 nitrogen and oxygen atoms in total. The molecule has 3 aliphatic carbocycles. The van der Waals surface area contributed by atoms with Crippen LogP contribution in [0.15, 0.2) is 23.5 Å². The number of aliphatic hydroxyl groups is 1. The standard InChI is InChI=1S/C18H26O2/c1-12-6-7-13-10-17-8-4-5-9-18(17,20-17)11-14(15(12)19)16(13,2)3/h6-7,13-14,19H,4-5,8-11H2,1-3H3/t13-,14-,17-,18+/m0/s1. The molecule has 110 valence electrons. The van der Waals surface area contributed by atoms with Gasteiger partial charge in [-0.05, 0) is 49.5 Å². The highest BCUT2D eigenvalue weighted by molar-refractivity contribution is 5.32. The highest BCUT2D eigenvalue weighted by Gasteiger charge is 2.73. The van der Waals surface area contributed by atoms with Gasteiger partial charge in [0, 0.05) is 5.92 Å². The minimum atomic E-state index is 0.0847. The molecule has 1 heterocycles. The van der Waals surface area contributed by atoms with E-state index in [0.29, 0.717) is 11.7 Å². The lowest BCUT2D eigenvalue weighted by atomic mass is 9.67. The van der Waals surface area contributed by atoms with Crippen LogP contribution in [-0.4, -0.2) is 16.3 Å². The molecule has 0 aromatic rings. The van der Waals surface area contributed by atoms with E-state index in [2.05, 4.69) is 26.0 Å². The van der Waals surface area contributed by atoms with E-state index in [4.69, 9.17) is 4.74 Å². The Kier molecular flexibility index (Phi) is 2.40. The van der Waals surface area contributed by atoms with Crippen LogP contribution >= 0.6 is 0 Å². The van der Waals surface area contributed by atoms with Crippen LogP contribution in [0.1, 0.15) is 59.3 Å². The van der Waals surface area contributed by atoms with E-state index in [1.165, 1.54) is 25.7 Å². The molecule has 0 amide bonds. The molecular formula is C18H26O2. The molecule has 0 aromatic carbocycles. The van der Waals surface area contributed by atoms with Crippen molar-refractivity contribution in [2.24, 2.45) is 17.3 Å². The molecule has 1 N–H and O–H groups in total. The molecule has 1 aliphatic heterocycles. The summed E-state index contributed by atoms with van der Waals surface area (Å²) in [6.07, 6.45) is 11.7. The van der Waals surface area contributed by atoms with Crippen molar-refractivity contribution < 1.29 is 9.84 Å². The van der Waals surface area contributed by atoms with Gasteiger partial charge in [0.2, 0.25) is 0 Å². The molecule has 4 aliphatic rings. The summed E-state index contributed by atoms with van der Waals surface area (Å²) in [4.78, 5) is 0. The van der Waals surface area contributed by atoms with Crippen LogP contribution in [-0.2, 0) is 4.74 Å². The average Bonchev–Trinajstić information content (AvgIpc) is 3.09. The van der Waals surface area contributed by atoms with E-state index in [-0.39, 0.29) is 22.5 Å². The minimum Gasteiger partial charge on any atom is -0.512 e. The molecule has 3 fully saturated rings. The summed E-state index contributed by atoms with van der Waals surface area (Å²) in [5, 5.41) is 10.7. The zero-order valence-corrected chi connectivity index (χ0v) is 12.9. The van der Waals surface area contributed by atoms with Crippen LogP contribution in [0.2, 0.25) is 0 Å². The van der Waals surface area contributed by atoms with Crippen molar-refractivity contribution in [3.05, 3.63) is 23.5 Å². The fraction of sp³-hybridized carbons (Fsp3) is 0.778. The lowest BCUT2D eigenvalue weighted by Gasteiger charge is -2.38. The average molecular weight is 274 g/mol. The molecule has 2 saturated carbocycles. The van der Waals surface area contributed by atoms with Gasteiger partial charge >= 0.3 is 0 Å². The number of hydrogen-bond donors (Lipinski definition) is 1. The van der Waals surface area contributed by atoms with Crippen LogP contribution in [0.4, 0.5) is 0 Å². The lowest BCUT2D eigenvalue weighted by Crippen LogP contribution is -2.33. The molecule has 0 spiro atoms. The van der Waals surface area contributed by atoms with Crippen molar-refractivity contribution in [1.29, 1.82) is 0 Å². The van der Waals surface area contributed by atoms with Gasteiger partial charge in [0.1, 0.15) is 0 Å². The molecule has 4 rings (SSSR count). The van der Waals surface area contributed by atoms with E-state index >= 15 is 0 Å². The van der Waals surface area contributed by atoms with Crippen molar-refractivity contribution in [1.82, 2.24) is 0 Å². The van der Waals surface area contributed by atoms with Crippen LogP contribution < -0.4 is 0 Å². The predicted molar refractivity (Wildman–Crippen MR) is 79.5 cm³/mol. The van der Waals surface area contributed by atoms with Crippen LogP contribution in [0, 0.1) is 17.3 Å². The highest BCUT2D eigenvalue weighted by atomic mass is 16.6. The van der Waals surface area contributed by atoms with Crippen molar-refractivity contribution in [3.8, 4) is 0 Å². The Morgan fingerprint density at radius 2 is 1.80 bits per heavy atom. The molecule has 2 bridgehead atoms. The summed E-state index contributed by atoms with van der Waals surface area (Å²) in [5.41, 5.74) is 1.39. The number of fused-ring (bicyclic) bond motifs is 2. The molecule has 1 saturated heterocycles. The van der Waals surface area contributed by atoms with E-state index in [0.717, 1.165) is 18.4 Å². The second-order valence-corrected chi connectivity index (χ2v) is 8.11. The van der Waals surface area contributed by atoms with E-state index in [9.17, 15) is 5.11 Å². The highest BCUT2D eigenvalue weighted by Crippen LogP contribution is 2.69. The summed E-state index contributed by atoms with van der Waals surface area (Å²) < 4.78 is 6.40. The monoisotopic (exact) mass is 274 g/mol. The second kappa shape index (κ2) is 3.71. The van der Waals surface area contributed by atoms with Gasteiger partial charge in [-0.1, -0.05) is 38.8 Å². The zero-order valence-electron chi connectivity index (χ0n) is 12.9. The Balaban J connectivity index is 1.82. The van der Waals surface area contributed by atoms with Gasteiger partial charge in [0.15, 0.2) is 0 Å². The van der Waals surface area contributed by atoms with E-state index in [1.807, 2.05) is 6.92 Å². The summed E-state index contributed by atoms with van der Waals surface area (Å²) in [5.74, 6) is 1.36. The summed E-state index contributed by atoms with van der Waals surface area (Å²) in [6.45, 7) is 6.72. The normalized spacial score (nSPS) is 49.0. The first-order valence-electron chi connectivity index (χ1n) is 8.18. The minimum absolute atomic E-state index is 0.0847. The first-order chi connectivity index (χ1) is 9.40. The van der Waals surface area contributed by atoms with Crippen molar-refractivity contribution in [3.63, 3.8) is 0 Å². The SMILES string of the molecule is CC1=C(O)[C@@H]2C[C@]34CCCC[C@@]3(C[C@H](C=C1)C2(C)C)O4. The predicted octanol–water partition coefficient (Wildman–Crippen LogP) is 4.52. The first kappa shape index (κ1) is 12.9. The smallest absolute Gasteiger partial charge is 0.0989 e. The van der Waals surface area contributed by atoms with Crippen molar-refractivity contribution in [2.75, 3.05) is 0 Å². The Morgan fingerprint density at radius 3 is 2.50 bits per heavy atom. The molecular weight excluding hydrogens is 248 g/mol. The number of allylic oxidation sites excluding steroid dienone is 4. The summed E-state index contributed by atoms with van der Waals surface area (Å²) in [6, 6.07) is 0. The third kappa shape index (κ3) is 1.44. The molecule has 0 unspecified atom stereocenters. The van der Waals surface area contributed by atoms with Gasteiger partial charge in [-0.2, -0.15) is 0 Å². The summed E-state index contributed by atoms with van der Waals surface area (Å²) in [7, 11) is 0. The topological polar surface area (TPSA) is 32.8 Å². The number of rotatable bonds is 0. The van der Waals surface area contributed by atoms with Gasteiger partial charge in [-0.15, -0.1) is 0 Å². The van der Waals surface area contributed by atoms with Crippen LogP contribution in [0.5, 0.6) is 0 Å². The number of ether oxygens (including phenoxy) is 1. The Bertz CT molecular complexity index is 516. The summed E-state index contributed by atoms with van der Waals surface area (Å²) >= 11 is 0. The number of hydrogen-bond acceptors (Lipinski definition) is 2. The second-order valence-electron chi connectivity index (χ2n) is 8.11. The van der Waals surface area contributed by atoms with E-state index < -0.39 is 0 Å². The molecule has 20 heavy (non-hydrogen) atoms. The molecule has 4 atom stereocenters. The Labute approximate surface area is 121 Å². The fourth-order valence-electron chi connectivity index (χ4n) is 5.24. The third-order valence-electron chi connectivity index (χ3n) is 6.84. The van der Waals surface area contributed by atoms with Crippen LogP contribution in [0.3, 0.4) is 0 Å². The van der Waals surface area contributed by atoms with Crippen molar-refractivity contribution in [2.45, 2.75) is 70.5 Å². The van der Waals surface area contributed by atoms with Gasteiger partial charge in [-0.25, -0.2) is 0 Å². The fourth-order valence-corrected chi connectivity index (χ4v) is 5.24. The van der Waals surface area contributed by atoms with Gasteiger partial charge in [0.05, 0.1) is 17.0 Å².